The quantitative estimate of drug-likeness (QED) is 0.672. The van der Waals surface area contributed by atoms with Crippen LogP contribution >= 0.6 is 0 Å². The lowest BCUT2D eigenvalue weighted by Crippen LogP contribution is -2.33. The Morgan fingerprint density at radius 3 is 1.75 bits per heavy atom. The highest BCUT2D eigenvalue weighted by Crippen LogP contribution is 2.13. The second-order valence-electron chi connectivity index (χ2n) is 5.06. The summed E-state index contributed by atoms with van der Waals surface area (Å²) in [6.45, 7) is 11.1. The lowest BCUT2D eigenvalue weighted by molar-refractivity contribution is -0.141. The first kappa shape index (κ1) is 15.3. The molecule has 16 heavy (non-hydrogen) atoms. The van der Waals surface area contributed by atoms with Crippen LogP contribution in [0.5, 0.6) is 0 Å². The molecule has 1 atom stereocenters. The highest BCUT2D eigenvalue weighted by Gasteiger charge is 2.26. The van der Waals surface area contributed by atoms with Gasteiger partial charge in [-0.15, -0.1) is 0 Å². The predicted molar refractivity (Wildman–Crippen MR) is 64.3 cm³/mol. The zero-order valence-corrected chi connectivity index (χ0v) is 11.2. The summed E-state index contributed by atoms with van der Waals surface area (Å²) in [7, 11) is 0. The summed E-state index contributed by atoms with van der Waals surface area (Å²) in [5.41, 5.74) is 0. The minimum Gasteiger partial charge on any atom is -0.367 e. The molecule has 3 nitrogen and oxygen atoms in total. The maximum atomic E-state index is 11.9. The standard InChI is InChI=1S/C13H24O3/c1-8(2)11(14)7-12(16-10(5)6)13(15)9(3)4/h8-10,12H,7H2,1-6H3. The first-order valence-electron chi connectivity index (χ1n) is 5.97. The molecule has 0 aliphatic rings. The average molecular weight is 228 g/mol. The van der Waals surface area contributed by atoms with Gasteiger partial charge in [0.05, 0.1) is 6.10 Å². The van der Waals surface area contributed by atoms with E-state index in [1.54, 1.807) is 0 Å². The zero-order chi connectivity index (χ0) is 12.9. The van der Waals surface area contributed by atoms with Crippen LogP contribution < -0.4 is 0 Å². The van der Waals surface area contributed by atoms with Crippen LogP contribution in [0.25, 0.3) is 0 Å². The molecule has 0 aliphatic carbocycles. The van der Waals surface area contributed by atoms with E-state index >= 15 is 0 Å². The smallest absolute Gasteiger partial charge is 0.164 e. The third-order valence-electron chi connectivity index (χ3n) is 2.35. The highest BCUT2D eigenvalue weighted by molar-refractivity contribution is 5.91. The molecule has 3 heteroatoms. The molecule has 0 saturated heterocycles. The fraction of sp³-hybridized carbons (Fsp3) is 0.846. The van der Waals surface area contributed by atoms with Gasteiger partial charge < -0.3 is 4.74 Å². The molecule has 0 aromatic rings. The molecule has 0 aromatic heterocycles. The fourth-order valence-electron chi connectivity index (χ4n) is 1.33. The molecule has 1 unspecified atom stereocenters. The van der Waals surface area contributed by atoms with Crippen LogP contribution in [-0.2, 0) is 14.3 Å². The lowest BCUT2D eigenvalue weighted by atomic mass is 9.96. The van der Waals surface area contributed by atoms with E-state index in [0.717, 1.165) is 0 Å². The molecular formula is C13H24O3. The molecule has 0 amide bonds. The molecule has 0 heterocycles. The molecule has 0 aromatic carbocycles. The largest absolute Gasteiger partial charge is 0.367 e. The average Bonchev–Trinajstić information content (AvgIpc) is 2.14. The van der Waals surface area contributed by atoms with Crippen molar-refractivity contribution in [2.75, 3.05) is 0 Å². The molecule has 0 spiro atoms. The predicted octanol–water partition coefficient (Wildman–Crippen LogP) is 2.62. The van der Waals surface area contributed by atoms with Crippen molar-refractivity contribution in [1.82, 2.24) is 0 Å². The molecule has 0 rings (SSSR count). The van der Waals surface area contributed by atoms with E-state index in [1.165, 1.54) is 0 Å². The number of rotatable bonds is 7. The molecule has 0 N–H and O–H groups in total. The Hall–Kier alpha value is -0.700. The van der Waals surface area contributed by atoms with Crippen LogP contribution in [0.3, 0.4) is 0 Å². The summed E-state index contributed by atoms with van der Waals surface area (Å²) in [5.74, 6) is -0.0377. The number of carbonyl (C=O) groups is 2. The van der Waals surface area contributed by atoms with Crippen LogP contribution in [0.4, 0.5) is 0 Å². The van der Waals surface area contributed by atoms with Gasteiger partial charge in [-0.1, -0.05) is 27.7 Å². The van der Waals surface area contributed by atoms with Gasteiger partial charge >= 0.3 is 0 Å². The third-order valence-corrected chi connectivity index (χ3v) is 2.35. The van der Waals surface area contributed by atoms with E-state index in [4.69, 9.17) is 4.74 Å². The number of ketones is 2. The van der Waals surface area contributed by atoms with Crippen molar-refractivity contribution >= 4 is 11.6 Å². The first-order valence-corrected chi connectivity index (χ1v) is 5.97. The minimum absolute atomic E-state index is 0.0164. The summed E-state index contributed by atoms with van der Waals surface area (Å²) >= 11 is 0. The second kappa shape index (κ2) is 6.79. The van der Waals surface area contributed by atoms with E-state index in [-0.39, 0.29) is 35.9 Å². The summed E-state index contributed by atoms with van der Waals surface area (Å²) in [4.78, 5) is 23.5. The van der Waals surface area contributed by atoms with E-state index in [2.05, 4.69) is 0 Å². The van der Waals surface area contributed by atoms with Crippen LogP contribution in [0.1, 0.15) is 48.0 Å². The van der Waals surface area contributed by atoms with Gasteiger partial charge in [0.1, 0.15) is 11.9 Å². The van der Waals surface area contributed by atoms with Crippen LogP contribution in [0, 0.1) is 11.8 Å². The number of carbonyl (C=O) groups excluding carboxylic acids is 2. The van der Waals surface area contributed by atoms with Crippen LogP contribution in [-0.4, -0.2) is 23.8 Å². The van der Waals surface area contributed by atoms with Gasteiger partial charge in [0, 0.05) is 18.3 Å². The monoisotopic (exact) mass is 228 g/mol. The highest BCUT2D eigenvalue weighted by atomic mass is 16.5. The van der Waals surface area contributed by atoms with Crippen molar-refractivity contribution in [3.05, 3.63) is 0 Å². The summed E-state index contributed by atoms with van der Waals surface area (Å²) in [6, 6.07) is 0. The minimum atomic E-state index is -0.574. The molecule has 0 saturated carbocycles. The van der Waals surface area contributed by atoms with E-state index < -0.39 is 6.10 Å². The summed E-state index contributed by atoms with van der Waals surface area (Å²) in [5, 5.41) is 0. The van der Waals surface area contributed by atoms with E-state index in [0.29, 0.717) is 0 Å². The molecule has 0 radical (unpaired) electrons. The molecule has 0 bridgehead atoms. The Bertz CT molecular complexity index is 242. The Balaban J connectivity index is 4.55. The van der Waals surface area contributed by atoms with Gasteiger partial charge in [-0.3, -0.25) is 9.59 Å². The van der Waals surface area contributed by atoms with Crippen molar-refractivity contribution in [3.63, 3.8) is 0 Å². The lowest BCUT2D eigenvalue weighted by Gasteiger charge is -2.21. The maximum absolute atomic E-state index is 11.9. The van der Waals surface area contributed by atoms with Gasteiger partial charge in [0.2, 0.25) is 0 Å². The summed E-state index contributed by atoms with van der Waals surface area (Å²) < 4.78 is 5.52. The SMILES string of the molecule is CC(C)OC(CC(=O)C(C)C)C(=O)C(C)C. The normalized spacial score (nSPS) is 13.6. The maximum Gasteiger partial charge on any atom is 0.164 e. The van der Waals surface area contributed by atoms with Crippen molar-refractivity contribution in [2.24, 2.45) is 11.8 Å². The molecule has 94 valence electrons. The van der Waals surface area contributed by atoms with Gasteiger partial charge in [-0.25, -0.2) is 0 Å². The van der Waals surface area contributed by atoms with Crippen LogP contribution in [0.2, 0.25) is 0 Å². The Morgan fingerprint density at radius 2 is 1.44 bits per heavy atom. The number of hydrogen-bond donors (Lipinski definition) is 0. The van der Waals surface area contributed by atoms with E-state index in [9.17, 15) is 9.59 Å². The molecule has 0 aliphatic heterocycles. The Labute approximate surface area is 98.6 Å². The van der Waals surface area contributed by atoms with Crippen molar-refractivity contribution in [1.29, 1.82) is 0 Å². The number of Topliss-reactive ketones (excluding diaryl/α,β-unsaturated/α-hetero) is 2. The van der Waals surface area contributed by atoms with Crippen LogP contribution in [0.15, 0.2) is 0 Å². The number of hydrogen-bond acceptors (Lipinski definition) is 3. The van der Waals surface area contributed by atoms with Gasteiger partial charge in [-0.2, -0.15) is 0 Å². The van der Waals surface area contributed by atoms with Crippen molar-refractivity contribution in [3.8, 4) is 0 Å². The van der Waals surface area contributed by atoms with Crippen molar-refractivity contribution < 1.29 is 14.3 Å². The van der Waals surface area contributed by atoms with Gasteiger partial charge in [-0.05, 0) is 13.8 Å². The fourth-order valence-corrected chi connectivity index (χ4v) is 1.33. The summed E-state index contributed by atoms with van der Waals surface area (Å²) in [6.07, 6.45) is -0.407. The topological polar surface area (TPSA) is 43.4 Å². The molecular weight excluding hydrogens is 204 g/mol. The third kappa shape index (κ3) is 5.40. The molecule has 0 fully saturated rings. The first-order chi connectivity index (χ1) is 7.25. The van der Waals surface area contributed by atoms with E-state index in [1.807, 2.05) is 41.5 Å². The second-order valence-corrected chi connectivity index (χ2v) is 5.06. The Kier molecular flexibility index (Phi) is 6.49. The van der Waals surface area contributed by atoms with Crippen molar-refractivity contribution in [2.45, 2.75) is 60.2 Å². The zero-order valence-electron chi connectivity index (χ0n) is 11.2. The van der Waals surface area contributed by atoms with Gasteiger partial charge in [0.25, 0.3) is 0 Å². The Morgan fingerprint density at radius 1 is 0.938 bits per heavy atom. The van der Waals surface area contributed by atoms with Gasteiger partial charge in [0.15, 0.2) is 5.78 Å². The number of ether oxygens (including phenoxy) is 1.